The first-order valence-electron chi connectivity index (χ1n) is 6.26. The average Bonchev–Trinajstić information content (AvgIpc) is 2.28. The number of carbonyl (C=O) groups excluding carboxylic acids is 1. The molecule has 0 N–H and O–H groups in total. The molecule has 0 amide bonds. The molecule has 106 valence electrons. The molecular formula is C14H20Cl2O2Si. The van der Waals surface area contributed by atoms with Gasteiger partial charge >= 0.3 is 0 Å². The summed E-state index contributed by atoms with van der Waals surface area (Å²) >= 11 is 12.4. The van der Waals surface area contributed by atoms with Crippen LogP contribution in [-0.4, -0.2) is 15.3 Å². The van der Waals surface area contributed by atoms with E-state index in [9.17, 15) is 4.79 Å². The summed E-state index contributed by atoms with van der Waals surface area (Å²) in [4.78, 5) is 11.3. The molecule has 19 heavy (non-hydrogen) atoms. The maximum absolute atomic E-state index is 11.3. The topological polar surface area (TPSA) is 26.3 Å². The molecule has 0 aliphatic rings. The van der Waals surface area contributed by atoms with Crippen LogP contribution in [0.4, 0.5) is 0 Å². The molecule has 0 aliphatic carbocycles. The lowest BCUT2D eigenvalue weighted by Gasteiger charge is -2.26. The molecular weight excluding hydrogens is 299 g/mol. The van der Waals surface area contributed by atoms with Crippen LogP contribution in [0.25, 0.3) is 0 Å². The van der Waals surface area contributed by atoms with Crippen molar-refractivity contribution in [2.24, 2.45) is 0 Å². The van der Waals surface area contributed by atoms with Crippen LogP contribution in [0, 0.1) is 0 Å². The molecule has 2 nitrogen and oxygen atoms in total. The minimum Gasteiger partial charge on any atom is -0.416 e. The van der Waals surface area contributed by atoms with E-state index in [1.807, 2.05) is 0 Å². The van der Waals surface area contributed by atoms with Crippen LogP contribution < -0.4 is 0 Å². The molecule has 0 spiro atoms. The zero-order valence-electron chi connectivity index (χ0n) is 12.0. The molecule has 0 aromatic heterocycles. The molecule has 0 fully saturated rings. The Hall–Kier alpha value is -0.353. The average molecular weight is 319 g/mol. The van der Waals surface area contributed by atoms with Crippen molar-refractivity contribution < 1.29 is 9.22 Å². The maximum atomic E-state index is 11.3. The fourth-order valence-electron chi connectivity index (χ4n) is 2.06. The van der Waals surface area contributed by atoms with Crippen molar-refractivity contribution in [3.8, 4) is 0 Å². The summed E-state index contributed by atoms with van der Waals surface area (Å²) < 4.78 is 5.78. The summed E-state index contributed by atoms with van der Waals surface area (Å²) in [5, 5.41) is 0.896. The van der Waals surface area contributed by atoms with E-state index in [0.717, 1.165) is 17.4 Å². The van der Waals surface area contributed by atoms with Gasteiger partial charge in [0.1, 0.15) is 6.29 Å². The third-order valence-corrected chi connectivity index (χ3v) is 4.45. The summed E-state index contributed by atoms with van der Waals surface area (Å²) in [6.45, 7) is 10.8. The van der Waals surface area contributed by atoms with E-state index < -0.39 is 9.04 Å². The van der Waals surface area contributed by atoms with Crippen LogP contribution in [0.5, 0.6) is 0 Å². The van der Waals surface area contributed by atoms with Gasteiger partial charge in [0, 0.05) is 11.1 Å². The largest absolute Gasteiger partial charge is 0.416 e. The lowest BCUT2D eigenvalue weighted by atomic mass is 9.81. The molecule has 1 aromatic carbocycles. The monoisotopic (exact) mass is 318 g/mol. The van der Waals surface area contributed by atoms with Gasteiger partial charge in [0.2, 0.25) is 0 Å². The number of halogens is 2. The second-order valence-electron chi connectivity index (χ2n) is 5.84. The third-order valence-electron chi connectivity index (χ3n) is 2.79. The van der Waals surface area contributed by atoms with Gasteiger partial charge in [0.15, 0.2) is 9.04 Å². The van der Waals surface area contributed by atoms with E-state index in [1.54, 1.807) is 6.07 Å². The van der Waals surface area contributed by atoms with Crippen molar-refractivity contribution in [2.45, 2.75) is 45.9 Å². The minimum absolute atomic E-state index is 0.193. The lowest BCUT2D eigenvalue weighted by Crippen LogP contribution is -2.19. The molecule has 1 aromatic rings. The van der Waals surface area contributed by atoms with Gasteiger partial charge in [-0.25, -0.2) is 0 Å². The quantitative estimate of drug-likeness (QED) is 0.599. The molecule has 0 radical (unpaired) electrons. The Balaban J connectivity index is 3.46. The number of hydrogen-bond donors (Lipinski definition) is 0. The Bertz CT molecular complexity index is 479. The Morgan fingerprint density at radius 2 is 1.89 bits per heavy atom. The Morgan fingerprint density at radius 1 is 1.32 bits per heavy atom. The van der Waals surface area contributed by atoms with Crippen molar-refractivity contribution in [3.05, 3.63) is 32.8 Å². The van der Waals surface area contributed by atoms with E-state index in [0.29, 0.717) is 22.2 Å². The number of carbonyl (C=O) groups is 1. The second-order valence-corrected chi connectivity index (χ2v) is 9.06. The van der Waals surface area contributed by atoms with Gasteiger partial charge in [-0.3, -0.25) is 4.79 Å². The normalized spacial score (nSPS) is 12.0. The Labute approximate surface area is 126 Å². The zero-order valence-corrected chi connectivity index (χ0v) is 14.7. The SMILES string of the molecule is C[SiH](C)OCc1c(Cl)c(Cl)cc(C=O)c1C(C)(C)C. The fourth-order valence-corrected chi connectivity index (χ4v) is 3.00. The first-order valence-corrected chi connectivity index (χ1v) is 9.80. The van der Waals surface area contributed by atoms with Crippen molar-refractivity contribution in [2.75, 3.05) is 0 Å². The van der Waals surface area contributed by atoms with E-state index in [-0.39, 0.29) is 5.41 Å². The van der Waals surface area contributed by atoms with Gasteiger partial charge in [-0.15, -0.1) is 0 Å². The van der Waals surface area contributed by atoms with Crippen LogP contribution in [-0.2, 0) is 16.4 Å². The standard InChI is InChI=1S/C14H20Cl2O2Si/c1-14(2,3)12-9(7-17)6-11(15)13(16)10(12)8-18-19(4)5/h6-7,19H,8H2,1-5H3. The summed E-state index contributed by atoms with van der Waals surface area (Å²) in [5.41, 5.74) is 2.16. The summed E-state index contributed by atoms with van der Waals surface area (Å²) in [5.74, 6) is 0. The van der Waals surface area contributed by atoms with Gasteiger partial charge in [-0.1, -0.05) is 44.0 Å². The van der Waals surface area contributed by atoms with Gasteiger partial charge in [-0.05, 0) is 30.1 Å². The van der Waals surface area contributed by atoms with Crippen LogP contribution in [0.2, 0.25) is 23.1 Å². The highest BCUT2D eigenvalue weighted by molar-refractivity contribution is 6.48. The highest BCUT2D eigenvalue weighted by Crippen LogP contribution is 2.37. The second kappa shape index (κ2) is 6.40. The molecule has 1 rings (SSSR count). The smallest absolute Gasteiger partial charge is 0.171 e. The number of hydrogen-bond acceptors (Lipinski definition) is 2. The highest BCUT2D eigenvalue weighted by Gasteiger charge is 2.25. The molecule has 0 aliphatic heterocycles. The van der Waals surface area contributed by atoms with Crippen LogP contribution >= 0.6 is 23.2 Å². The van der Waals surface area contributed by atoms with Gasteiger partial charge in [0.05, 0.1) is 16.7 Å². The van der Waals surface area contributed by atoms with Gasteiger partial charge in [0.25, 0.3) is 0 Å². The van der Waals surface area contributed by atoms with Gasteiger partial charge in [-0.2, -0.15) is 0 Å². The number of rotatable bonds is 4. The van der Waals surface area contributed by atoms with Crippen molar-refractivity contribution in [3.63, 3.8) is 0 Å². The first-order chi connectivity index (χ1) is 8.68. The van der Waals surface area contributed by atoms with Crippen molar-refractivity contribution >= 4 is 38.5 Å². The first kappa shape index (κ1) is 16.7. The third kappa shape index (κ3) is 4.05. The predicted octanol–water partition coefficient (Wildman–Crippen LogP) is 4.60. The van der Waals surface area contributed by atoms with E-state index >= 15 is 0 Å². The maximum Gasteiger partial charge on any atom is 0.171 e. The fraction of sp³-hybridized carbons (Fsp3) is 0.500. The Kier molecular flexibility index (Phi) is 5.62. The number of aldehydes is 1. The van der Waals surface area contributed by atoms with Crippen LogP contribution in [0.3, 0.4) is 0 Å². The molecule has 0 saturated heterocycles. The van der Waals surface area contributed by atoms with E-state index in [4.69, 9.17) is 27.6 Å². The van der Waals surface area contributed by atoms with E-state index in [1.165, 1.54) is 0 Å². The van der Waals surface area contributed by atoms with Crippen molar-refractivity contribution in [1.29, 1.82) is 0 Å². The van der Waals surface area contributed by atoms with E-state index in [2.05, 4.69) is 33.9 Å². The zero-order chi connectivity index (χ0) is 14.8. The molecule has 0 atom stereocenters. The molecule has 0 saturated carbocycles. The van der Waals surface area contributed by atoms with Crippen LogP contribution in [0.1, 0.15) is 42.3 Å². The molecule has 5 heteroatoms. The summed E-state index contributed by atoms with van der Waals surface area (Å²) in [7, 11) is -1.17. The molecule has 0 bridgehead atoms. The lowest BCUT2D eigenvalue weighted by molar-refractivity contribution is 0.112. The van der Waals surface area contributed by atoms with Gasteiger partial charge < -0.3 is 4.43 Å². The predicted molar refractivity (Wildman–Crippen MR) is 84.2 cm³/mol. The summed E-state index contributed by atoms with van der Waals surface area (Å²) in [6, 6.07) is 1.63. The van der Waals surface area contributed by atoms with Crippen molar-refractivity contribution in [1.82, 2.24) is 0 Å². The summed E-state index contributed by atoms with van der Waals surface area (Å²) in [6.07, 6.45) is 0.832. The highest BCUT2D eigenvalue weighted by atomic mass is 35.5. The van der Waals surface area contributed by atoms with Crippen LogP contribution in [0.15, 0.2) is 6.07 Å². The molecule has 0 heterocycles. The number of benzene rings is 1. The minimum atomic E-state index is -1.17. The molecule has 0 unspecified atom stereocenters. The Morgan fingerprint density at radius 3 is 2.32 bits per heavy atom.